The van der Waals surface area contributed by atoms with Crippen LogP contribution >= 0.6 is 0 Å². The van der Waals surface area contributed by atoms with E-state index in [-0.39, 0.29) is 0 Å². The quantitative estimate of drug-likeness (QED) is 0.664. The predicted octanol–water partition coefficient (Wildman–Crippen LogP) is 3.16. The van der Waals surface area contributed by atoms with Crippen LogP contribution in [0.25, 0.3) is 11.1 Å². The van der Waals surface area contributed by atoms with Crippen LogP contribution in [0.15, 0.2) is 66.7 Å². The third kappa shape index (κ3) is 2.74. The average molecular weight is 352 g/mol. The maximum atomic E-state index is 13.3. The fourth-order valence-electron chi connectivity index (χ4n) is 4.10. The van der Waals surface area contributed by atoms with Gasteiger partial charge in [0.1, 0.15) is 0 Å². The van der Waals surface area contributed by atoms with Crippen molar-refractivity contribution in [2.75, 3.05) is 0 Å². The van der Waals surface area contributed by atoms with E-state index in [1.807, 2.05) is 75.4 Å². The van der Waals surface area contributed by atoms with Crippen LogP contribution in [0, 0.1) is 20.8 Å². The number of Topliss-reactive ketones (excluding diaryl/α,β-unsaturated/α-hetero) is 2. The first-order chi connectivity index (χ1) is 13.0. The first kappa shape index (κ1) is 17.2. The van der Waals surface area contributed by atoms with Gasteiger partial charge in [-0.1, -0.05) is 72.3 Å². The molecule has 0 unspecified atom stereocenters. The zero-order valence-corrected chi connectivity index (χ0v) is 15.7. The average Bonchev–Trinajstić information content (AvgIpc) is 2.65. The smallest absolute Gasteiger partial charge is 0.234 e. The second kappa shape index (κ2) is 6.48. The summed E-state index contributed by atoms with van der Waals surface area (Å²) in [5.74, 6) is -0.864. The molecule has 1 aliphatic carbocycles. The van der Waals surface area contributed by atoms with Gasteiger partial charge in [-0.25, -0.2) is 0 Å². The maximum absolute atomic E-state index is 13.3. The van der Waals surface area contributed by atoms with E-state index in [9.17, 15) is 9.59 Å². The van der Waals surface area contributed by atoms with Crippen LogP contribution in [0.4, 0.5) is 0 Å². The Bertz CT molecular complexity index is 1190. The van der Waals surface area contributed by atoms with E-state index in [2.05, 4.69) is 12.1 Å². The van der Waals surface area contributed by atoms with E-state index in [0.29, 0.717) is 11.1 Å². The maximum Gasteiger partial charge on any atom is 0.234 e. The molecule has 0 fully saturated rings. The van der Waals surface area contributed by atoms with Gasteiger partial charge in [-0.05, 0) is 53.5 Å². The number of aryl methyl sites for hydroxylation is 3. The standard InChI is InChI=1S/C25H20O2/c1-15-13-16(2)21(17(3)14-15)23-20-12-8-7-11-19(20)22(24(26)25(23)27)18-9-5-4-6-10-18/h4-14H,1-3H3. The van der Waals surface area contributed by atoms with Crippen molar-refractivity contribution in [2.45, 2.75) is 20.8 Å². The van der Waals surface area contributed by atoms with Gasteiger partial charge in [0.05, 0.1) is 0 Å². The number of carbonyl (C=O) groups is 2. The number of fused-ring (bicyclic) bond motifs is 1. The molecule has 132 valence electrons. The van der Waals surface area contributed by atoms with Crippen molar-refractivity contribution in [2.24, 2.45) is 0 Å². The Morgan fingerprint density at radius 1 is 0.593 bits per heavy atom. The molecule has 27 heavy (non-hydrogen) atoms. The molecule has 0 spiro atoms. The third-order valence-corrected chi connectivity index (χ3v) is 5.12. The summed E-state index contributed by atoms with van der Waals surface area (Å²) in [5, 5.41) is 1.65. The van der Waals surface area contributed by atoms with Gasteiger partial charge in [-0.2, -0.15) is 0 Å². The SMILES string of the molecule is Cc1cc(C)c(C2=c3ccccc3=C(c3ccccc3)C(=O)C2=O)c(C)c1. The highest BCUT2D eigenvalue weighted by atomic mass is 16.2. The van der Waals surface area contributed by atoms with Gasteiger partial charge in [-0.15, -0.1) is 0 Å². The second-order valence-electron chi connectivity index (χ2n) is 7.09. The zero-order valence-electron chi connectivity index (χ0n) is 15.7. The minimum Gasteiger partial charge on any atom is -0.285 e. The number of ketones is 2. The molecule has 0 aliphatic heterocycles. The molecule has 2 nitrogen and oxygen atoms in total. The van der Waals surface area contributed by atoms with E-state index in [1.165, 1.54) is 0 Å². The summed E-state index contributed by atoms with van der Waals surface area (Å²) in [6.07, 6.45) is 0. The number of benzene rings is 3. The van der Waals surface area contributed by atoms with Crippen molar-refractivity contribution >= 4 is 22.7 Å². The molecular weight excluding hydrogens is 332 g/mol. The highest BCUT2D eigenvalue weighted by Gasteiger charge is 2.31. The van der Waals surface area contributed by atoms with Gasteiger partial charge in [0.15, 0.2) is 0 Å². The molecular formula is C25H20O2. The number of rotatable bonds is 2. The van der Waals surface area contributed by atoms with Crippen LogP contribution in [0.2, 0.25) is 0 Å². The summed E-state index contributed by atoms with van der Waals surface area (Å²) in [6, 6.07) is 21.3. The van der Waals surface area contributed by atoms with Gasteiger partial charge < -0.3 is 0 Å². The Kier molecular flexibility index (Phi) is 4.12. The summed E-state index contributed by atoms with van der Waals surface area (Å²) in [5.41, 5.74) is 5.84. The van der Waals surface area contributed by atoms with E-state index in [4.69, 9.17) is 0 Å². The molecule has 4 rings (SSSR count). The number of carbonyl (C=O) groups excluding carboxylic acids is 2. The van der Waals surface area contributed by atoms with Crippen molar-refractivity contribution in [3.05, 3.63) is 105 Å². The molecule has 0 aromatic heterocycles. The van der Waals surface area contributed by atoms with E-state index in [1.54, 1.807) is 0 Å². The summed E-state index contributed by atoms with van der Waals surface area (Å²) in [7, 11) is 0. The first-order valence-corrected chi connectivity index (χ1v) is 9.05. The van der Waals surface area contributed by atoms with Crippen LogP contribution in [-0.4, -0.2) is 11.6 Å². The Labute approximate surface area is 158 Å². The molecule has 2 heteroatoms. The zero-order chi connectivity index (χ0) is 19.1. The van der Waals surface area contributed by atoms with Crippen molar-refractivity contribution in [3.63, 3.8) is 0 Å². The highest BCUT2D eigenvalue weighted by molar-refractivity contribution is 6.65. The third-order valence-electron chi connectivity index (χ3n) is 5.12. The van der Waals surface area contributed by atoms with Crippen molar-refractivity contribution < 1.29 is 9.59 Å². The van der Waals surface area contributed by atoms with E-state index in [0.717, 1.165) is 38.3 Å². The van der Waals surface area contributed by atoms with Crippen LogP contribution in [0.3, 0.4) is 0 Å². The molecule has 0 N–H and O–H groups in total. The lowest BCUT2D eigenvalue weighted by Gasteiger charge is -2.19. The predicted molar refractivity (Wildman–Crippen MR) is 108 cm³/mol. The second-order valence-corrected chi connectivity index (χ2v) is 7.09. The molecule has 0 saturated heterocycles. The van der Waals surface area contributed by atoms with Crippen LogP contribution in [0.1, 0.15) is 27.8 Å². The minimum absolute atomic E-state index is 0.428. The summed E-state index contributed by atoms with van der Waals surface area (Å²) >= 11 is 0. The van der Waals surface area contributed by atoms with Gasteiger partial charge in [0.25, 0.3) is 0 Å². The van der Waals surface area contributed by atoms with Gasteiger partial charge in [0, 0.05) is 11.1 Å². The highest BCUT2D eigenvalue weighted by Crippen LogP contribution is 2.26. The molecule has 3 aromatic rings. The molecule has 0 atom stereocenters. The van der Waals surface area contributed by atoms with Crippen molar-refractivity contribution in [1.82, 2.24) is 0 Å². The molecule has 0 amide bonds. The van der Waals surface area contributed by atoms with E-state index >= 15 is 0 Å². The molecule has 0 saturated carbocycles. The molecule has 3 aromatic carbocycles. The number of hydrogen-bond donors (Lipinski definition) is 0. The van der Waals surface area contributed by atoms with Crippen LogP contribution < -0.4 is 10.4 Å². The first-order valence-electron chi connectivity index (χ1n) is 9.05. The Morgan fingerprint density at radius 2 is 1.07 bits per heavy atom. The molecule has 1 aliphatic rings. The van der Waals surface area contributed by atoms with Gasteiger partial charge >= 0.3 is 0 Å². The van der Waals surface area contributed by atoms with Crippen molar-refractivity contribution in [3.8, 4) is 0 Å². The van der Waals surface area contributed by atoms with Crippen molar-refractivity contribution in [1.29, 1.82) is 0 Å². The van der Waals surface area contributed by atoms with Crippen LogP contribution in [0.5, 0.6) is 0 Å². The number of hydrogen-bond acceptors (Lipinski definition) is 2. The topological polar surface area (TPSA) is 34.1 Å². The molecule has 0 bridgehead atoms. The van der Waals surface area contributed by atoms with Crippen LogP contribution in [-0.2, 0) is 9.59 Å². The molecule has 0 radical (unpaired) electrons. The lowest BCUT2D eigenvalue weighted by Crippen LogP contribution is -2.41. The normalized spacial score (nSPS) is 13.7. The monoisotopic (exact) mass is 352 g/mol. The lowest BCUT2D eigenvalue weighted by atomic mass is 9.82. The van der Waals surface area contributed by atoms with Gasteiger partial charge in [0.2, 0.25) is 11.6 Å². The Hall–Kier alpha value is -3.26. The minimum atomic E-state index is -0.436. The van der Waals surface area contributed by atoms with E-state index < -0.39 is 11.6 Å². The summed E-state index contributed by atoms with van der Waals surface area (Å²) in [6.45, 7) is 6.04. The fraction of sp³-hybridized carbons (Fsp3) is 0.120. The largest absolute Gasteiger partial charge is 0.285 e. The lowest BCUT2D eigenvalue weighted by molar-refractivity contribution is -0.129. The fourth-order valence-corrected chi connectivity index (χ4v) is 4.10. The molecule has 0 heterocycles. The Balaban J connectivity index is 2.20. The Morgan fingerprint density at radius 3 is 1.67 bits per heavy atom. The van der Waals surface area contributed by atoms with Gasteiger partial charge in [-0.3, -0.25) is 9.59 Å². The summed E-state index contributed by atoms with van der Waals surface area (Å²) in [4.78, 5) is 26.4. The summed E-state index contributed by atoms with van der Waals surface area (Å²) < 4.78 is 0.